The summed E-state index contributed by atoms with van der Waals surface area (Å²) in [4.78, 5) is 17.1. The number of aryl methyl sites for hydroxylation is 1. The summed E-state index contributed by atoms with van der Waals surface area (Å²) in [6, 6.07) is 16.1. The lowest BCUT2D eigenvalue weighted by atomic mass is 10.1. The van der Waals surface area contributed by atoms with Crippen molar-refractivity contribution in [3.8, 4) is 5.75 Å². The Morgan fingerprint density at radius 1 is 1.17 bits per heavy atom. The molecule has 152 valence electrons. The van der Waals surface area contributed by atoms with Gasteiger partial charge in [0.15, 0.2) is 11.6 Å². The molecular formula is C22H19FN4O2S. The SMILES string of the molecule is Cc1ccc(Cn2cnc(NC(=O)c3cc(COc4ccccc4F)cs3)n2)cc1. The second-order valence-electron chi connectivity index (χ2n) is 6.74. The molecule has 4 aromatic rings. The second-order valence-corrected chi connectivity index (χ2v) is 7.66. The van der Waals surface area contributed by atoms with E-state index in [1.54, 1.807) is 40.7 Å². The molecule has 2 heterocycles. The van der Waals surface area contributed by atoms with E-state index in [9.17, 15) is 9.18 Å². The van der Waals surface area contributed by atoms with Crippen molar-refractivity contribution in [3.05, 3.63) is 93.7 Å². The fourth-order valence-corrected chi connectivity index (χ4v) is 3.56. The number of carbonyl (C=O) groups excluding carboxylic acids is 1. The van der Waals surface area contributed by atoms with E-state index in [0.29, 0.717) is 11.4 Å². The van der Waals surface area contributed by atoms with Crippen LogP contribution < -0.4 is 10.1 Å². The largest absolute Gasteiger partial charge is 0.486 e. The second kappa shape index (κ2) is 8.87. The summed E-state index contributed by atoms with van der Waals surface area (Å²) >= 11 is 1.28. The maximum absolute atomic E-state index is 13.6. The number of ether oxygens (including phenoxy) is 1. The van der Waals surface area contributed by atoms with Crippen LogP contribution in [-0.2, 0) is 13.2 Å². The molecule has 1 N–H and O–H groups in total. The molecule has 0 spiro atoms. The Morgan fingerprint density at radius 2 is 1.97 bits per heavy atom. The van der Waals surface area contributed by atoms with Gasteiger partial charge in [-0.2, -0.15) is 0 Å². The summed E-state index contributed by atoms with van der Waals surface area (Å²) in [5, 5.41) is 8.80. The van der Waals surface area contributed by atoms with Crippen molar-refractivity contribution in [1.82, 2.24) is 14.8 Å². The zero-order valence-electron chi connectivity index (χ0n) is 16.2. The zero-order valence-corrected chi connectivity index (χ0v) is 17.0. The van der Waals surface area contributed by atoms with Crippen LogP contribution in [0.1, 0.15) is 26.4 Å². The highest BCUT2D eigenvalue weighted by Gasteiger charge is 2.13. The number of nitrogens with zero attached hydrogens (tertiary/aromatic N) is 3. The van der Waals surface area contributed by atoms with E-state index in [1.807, 2.05) is 31.2 Å². The van der Waals surface area contributed by atoms with Crippen LogP contribution in [0.4, 0.5) is 10.3 Å². The van der Waals surface area contributed by atoms with Crippen molar-refractivity contribution in [2.45, 2.75) is 20.1 Å². The van der Waals surface area contributed by atoms with Crippen molar-refractivity contribution in [2.75, 3.05) is 5.32 Å². The first-order valence-electron chi connectivity index (χ1n) is 9.28. The van der Waals surface area contributed by atoms with Crippen LogP contribution in [0, 0.1) is 12.7 Å². The lowest BCUT2D eigenvalue weighted by Crippen LogP contribution is -2.12. The van der Waals surface area contributed by atoms with Gasteiger partial charge in [-0.1, -0.05) is 42.0 Å². The molecule has 1 amide bonds. The molecule has 0 unspecified atom stereocenters. The van der Waals surface area contributed by atoms with Crippen molar-refractivity contribution in [3.63, 3.8) is 0 Å². The minimum absolute atomic E-state index is 0.175. The number of amides is 1. The number of aromatic nitrogens is 3. The molecule has 0 radical (unpaired) electrons. The van der Waals surface area contributed by atoms with E-state index < -0.39 is 5.82 Å². The van der Waals surface area contributed by atoms with E-state index in [1.165, 1.54) is 23.0 Å². The third-order valence-electron chi connectivity index (χ3n) is 4.34. The number of rotatable bonds is 7. The van der Waals surface area contributed by atoms with Crippen LogP contribution in [-0.4, -0.2) is 20.7 Å². The minimum atomic E-state index is -0.419. The van der Waals surface area contributed by atoms with Gasteiger partial charge in [0.2, 0.25) is 5.95 Å². The van der Waals surface area contributed by atoms with Gasteiger partial charge >= 0.3 is 0 Å². The molecule has 8 heteroatoms. The highest BCUT2D eigenvalue weighted by molar-refractivity contribution is 7.12. The van der Waals surface area contributed by atoms with E-state index in [-0.39, 0.29) is 24.2 Å². The summed E-state index contributed by atoms with van der Waals surface area (Å²) in [7, 11) is 0. The molecule has 0 bridgehead atoms. The van der Waals surface area contributed by atoms with Crippen LogP contribution in [0.15, 0.2) is 66.3 Å². The molecule has 0 aliphatic carbocycles. The Hall–Kier alpha value is -3.52. The average Bonchev–Trinajstić information content (AvgIpc) is 3.39. The minimum Gasteiger partial charge on any atom is -0.486 e. The van der Waals surface area contributed by atoms with E-state index in [4.69, 9.17) is 4.74 Å². The van der Waals surface area contributed by atoms with E-state index in [2.05, 4.69) is 15.4 Å². The molecule has 0 saturated heterocycles. The van der Waals surface area contributed by atoms with Gasteiger partial charge in [-0.05, 0) is 36.1 Å². The van der Waals surface area contributed by atoms with Crippen LogP contribution in [0.2, 0.25) is 0 Å². The molecular weight excluding hydrogens is 403 g/mol. The van der Waals surface area contributed by atoms with Crippen molar-refractivity contribution in [1.29, 1.82) is 0 Å². The summed E-state index contributed by atoms with van der Waals surface area (Å²) in [6.45, 7) is 2.78. The van der Waals surface area contributed by atoms with Crippen molar-refractivity contribution in [2.24, 2.45) is 0 Å². The van der Waals surface area contributed by atoms with E-state index in [0.717, 1.165) is 11.1 Å². The molecule has 2 aromatic heterocycles. The molecule has 6 nitrogen and oxygen atoms in total. The molecule has 0 fully saturated rings. The number of hydrogen-bond acceptors (Lipinski definition) is 5. The smallest absolute Gasteiger partial charge is 0.268 e. The predicted molar refractivity (Wildman–Crippen MR) is 113 cm³/mol. The fourth-order valence-electron chi connectivity index (χ4n) is 2.77. The standard InChI is InChI=1S/C22H19FN4O2S/c1-15-6-8-16(9-7-15)11-27-14-24-22(26-27)25-21(28)20-10-17(13-30-20)12-29-19-5-3-2-4-18(19)23/h2-10,13-14H,11-12H2,1H3,(H,25,26,28). The van der Waals surface area contributed by atoms with Gasteiger partial charge in [0.05, 0.1) is 11.4 Å². The van der Waals surface area contributed by atoms with Crippen LogP contribution in [0.5, 0.6) is 5.75 Å². The third-order valence-corrected chi connectivity index (χ3v) is 5.31. The molecule has 0 atom stereocenters. The first-order valence-corrected chi connectivity index (χ1v) is 10.2. The number of thiophene rings is 1. The van der Waals surface area contributed by atoms with Gasteiger partial charge in [-0.25, -0.2) is 14.1 Å². The van der Waals surface area contributed by atoms with E-state index >= 15 is 0 Å². The Balaban J connectivity index is 1.34. The Kier molecular flexibility index (Phi) is 5.85. The number of para-hydroxylation sites is 1. The Labute approximate surface area is 177 Å². The number of carbonyl (C=O) groups is 1. The molecule has 2 aromatic carbocycles. The fraction of sp³-hybridized carbons (Fsp3) is 0.136. The number of hydrogen-bond donors (Lipinski definition) is 1. The third kappa shape index (κ3) is 4.90. The van der Waals surface area contributed by atoms with Crippen LogP contribution >= 0.6 is 11.3 Å². The molecule has 0 aliphatic rings. The van der Waals surface area contributed by atoms with Crippen molar-refractivity contribution < 1.29 is 13.9 Å². The summed E-state index contributed by atoms with van der Waals surface area (Å²) in [5.41, 5.74) is 3.08. The lowest BCUT2D eigenvalue weighted by molar-refractivity contribution is 0.102. The number of halogens is 1. The number of anilines is 1. The molecule has 30 heavy (non-hydrogen) atoms. The molecule has 4 rings (SSSR count). The summed E-state index contributed by atoms with van der Waals surface area (Å²) < 4.78 is 20.8. The lowest BCUT2D eigenvalue weighted by Gasteiger charge is -2.05. The van der Waals surface area contributed by atoms with Crippen LogP contribution in [0.3, 0.4) is 0 Å². The monoisotopic (exact) mass is 422 g/mol. The first kappa shape index (κ1) is 19.8. The Morgan fingerprint density at radius 3 is 2.77 bits per heavy atom. The van der Waals surface area contributed by atoms with Gasteiger partial charge in [0, 0.05) is 5.56 Å². The number of benzene rings is 2. The van der Waals surface area contributed by atoms with Gasteiger partial charge < -0.3 is 4.74 Å². The van der Waals surface area contributed by atoms with Crippen molar-refractivity contribution >= 4 is 23.2 Å². The molecule has 0 saturated carbocycles. The summed E-state index contributed by atoms with van der Waals surface area (Å²) in [5.74, 6) is -0.300. The van der Waals surface area contributed by atoms with Gasteiger partial charge in [0.25, 0.3) is 5.91 Å². The van der Waals surface area contributed by atoms with Gasteiger partial charge in [-0.15, -0.1) is 16.4 Å². The first-order chi connectivity index (χ1) is 14.6. The van der Waals surface area contributed by atoms with Gasteiger partial charge in [-0.3, -0.25) is 10.1 Å². The Bertz CT molecular complexity index is 1150. The maximum Gasteiger partial charge on any atom is 0.268 e. The highest BCUT2D eigenvalue weighted by Crippen LogP contribution is 2.20. The quantitative estimate of drug-likeness (QED) is 0.470. The topological polar surface area (TPSA) is 69.0 Å². The van der Waals surface area contributed by atoms with Crippen LogP contribution in [0.25, 0.3) is 0 Å². The highest BCUT2D eigenvalue weighted by atomic mass is 32.1. The molecule has 0 aliphatic heterocycles. The summed E-state index contributed by atoms with van der Waals surface area (Å²) in [6.07, 6.45) is 1.58. The average molecular weight is 422 g/mol. The predicted octanol–water partition coefficient (Wildman–Crippen LogP) is 4.67. The van der Waals surface area contributed by atoms with Gasteiger partial charge in [0.1, 0.15) is 12.9 Å². The maximum atomic E-state index is 13.6. The number of nitrogens with one attached hydrogen (secondary N) is 1. The normalized spacial score (nSPS) is 10.7. The zero-order chi connectivity index (χ0) is 20.9.